The Morgan fingerprint density at radius 1 is 1.35 bits per heavy atom. The largest absolute Gasteiger partial charge is 1.00 e. The van der Waals surface area contributed by atoms with Crippen molar-refractivity contribution in [1.82, 2.24) is 0 Å². The number of hydrogen-bond acceptors (Lipinski definition) is 7. The Bertz CT molecular complexity index is 364. The van der Waals surface area contributed by atoms with Gasteiger partial charge in [0.05, 0.1) is 17.6 Å². The number of aliphatic carboxylic acids is 1. The molecule has 1 unspecified atom stereocenters. The molecule has 0 fully saturated rings. The van der Waals surface area contributed by atoms with E-state index in [1.165, 1.54) is 6.08 Å². The third-order valence-corrected chi connectivity index (χ3v) is 2.38. The van der Waals surface area contributed by atoms with Crippen LogP contribution in [0.4, 0.5) is 0 Å². The molecule has 0 bridgehead atoms. The van der Waals surface area contributed by atoms with Crippen molar-refractivity contribution in [3.63, 3.8) is 0 Å². The van der Waals surface area contributed by atoms with Gasteiger partial charge in [0.1, 0.15) is 16.7 Å². The molecule has 17 heavy (non-hydrogen) atoms. The molecule has 1 atom stereocenters. The number of carbonyl (C=O) groups is 2. The van der Waals surface area contributed by atoms with Gasteiger partial charge in [-0.25, -0.2) is 8.42 Å². The third-order valence-electron chi connectivity index (χ3n) is 1.33. The van der Waals surface area contributed by atoms with Gasteiger partial charge in [0.15, 0.2) is 0 Å². The number of carboxylic acids is 1. The van der Waals surface area contributed by atoms with Crippen LogP contribution >= 0.6 is 0 Å². The molecule has 86 valence electrons. The fourth-order valence-corrected chi connectivity index (χ4v) is 1.24. The molecule has 0 aliphatic carbocycles. The Labute approximate surface area is 143 Å². The number of carbonyl (C=O) groups excluding carboxylic acids is 2. The first-order chi connectivity index (χ1) is 6.79. The maximum absolute atomic E-state index is 10.8. The van der Waals surface area contributed by atoms with E-state index in [4.69, 9.17) is 0 Å². The van der Waals surface area contributed by atoms with E-state index in [-0.39, 0.29) is 65.7 Å². The van der Waals surface area contributed by atoms with Crippen LogP contribution in [0.15, 0.2) is 12.7 Å². The minimum Gasteiger partial charge on any atom is -0.747 e. The Balaban J connectivity index is -0.000000980. The number of carboxylic acid groups (broad SMARTS) is 1. The van der Waals surface area contributed by atoms with Gasteiger partial charge in [-0.15, -0.1) is 0 Å². The summed E-state index contributed by atoms with van der Waals surface area (Å²) in [6.45, 7) is 3.01. The second-order valence-corrected chi connectivity index (χ2v) is 4.03. The van der Waals surface area contributed by atoms with Crippen molar-refractivity contribution < 1.29 is 91.5 Å². The van der Waals surface area contributed by atoms with Crippen molar-refractivity contribution >= 4 is 22.1 Å². The predicted octanol–water partition coefficient (Wildman–Crippen LogP) is -8.22. The van der Waals surface area contributed by atoms with Crippen LogP contribution in [0.2, 0.25) is 0 Å². The van der Waals surface area contributed by atoms with Crippen molar-refractivity contribution in [3.05, 3.63) is 12.7 Å². The Morgan fingerprint density at radius 2 is 1.82 bits per heavy atom. The van der Waals surface area contributed by atoms with Gasteiger partial charge in [-0.1, -0.05) is 12.7 Å². The van der Waals surface area contributed by atoms with Crippen LogP contribution in [0.5, 0.6) is 0 Å². The number of rotatable bonds is 6. The fraction of sp³-hybridized carbons (Fsp3) is 0.429. The van der Waals surface area contributed by atoms with Crippen LogP contribution in [0.3, 0.4) is 0 Å². The molecule has 0 aromatic carbocycles. The van der Waals surface area contributed by atoms with E-state index in [1.54, 1.807) is 0 Å². The number of ether oxygens (including phenoxy) is 1. The van der Waals surface area contributed by atoms with Crippen LogP contribution in [0.1, 0.15) is 6.42 Å². The average molecular weight is 282 g/mol. The summed E-state index contributed by atoms with van der Waals surface area (Å²) in [5.74, 6) is -3.25. The zero-order valence-electron chi connectivity index (χ0n) is 9.54. The SMILES string of the molecule is C=CCOC(=O)CC(C(=O)[O-])S(=O)(=O)[O-].[Na+].[Na+]. The quantitative estimate of drug-likeness (QED) is 0.205. The second kappa shape index (κ2) is 10.5. The van der Waals surface area contributed by atoms with Crippen molar-refractivity contribution in [2.75, 3.05) is 6.61 Å². The fourth-order valence-electron chi connectivity index (χ4n) is 0.665. The Morgan fingerprint density at radius 3 is 2.12 bits per heavy atom. The summed E-state index contributed by atoms with van der Waals surface area (Å²) in [5, 5.41) is 7.82. The van der Waals surface area contributed by atoms with Gasteiger partial charge in [-0.05, 0) is 0 Å². The zero-order chi connectivity index (χ0) is 12.1. The standard InChI is InChI=1S/C7H10O7S.2Na/c1-2-3-14-6(8)4-5(7(9)10)15(11,12)13;;/h2,5H,1,3-4H2,(H,9,10)(H,11,12,13);;/q;2*+1/p-2. The first-order valence-electron chi connectivity index (χ1n) is 3.71. The molecule has 0 saturated carbocycles. The molecule has 0 spiro atoms. The molecule has 0 heterocycles. The maximum Gasteiger partial charge on any atom is 1.00 e. The molecule has 0 rings (SSSR count). The van der Waals surface area contributed by atoms with Crippen molar-refractivity contribution in [2.45, 2.75) is 11.7 Å². The van der Waals surface area contributed by atoms with Crippen LogP contribution < -0.4 is 64.2 Å². The van der Waals surface area contributed by atoms with E-state index in [9.17, 15) is 27.7 Å². The molecule has 0 N–H and O–H groups in total. The topological polar surface area (TPSA) is 124 Å². The van der Waals surface area contributed by atoms with Gasteiger partial charge in [0, 0.05) is 0 Å². The average Bonchev–Trinajstić information content (AvgIpc) is 2.08. The summed E-state index contributed by atoms with van der Waals surface area (Å²) < 4.78 is 35.4. The third kappa shape index (κ3) is 10.2. The van der Waals surface area contributed by atoms with Crippen LogP contribution in [-0.2, 0) is 24.4 Å². The van der Waals surface area contributed by atoms with Gasteiger partial charge in [-0.2, -0.15) is 0 Å². The first kappa shape index (κ1) is 22.7. The molecule has 7 nitrogen and oxygen atoms in total. The normalized spacial score (nSPS) is 11.4. The van der Waals surface area contributed by atoms with Gasteiger partial charge in [0.25, 0.3) is 0 Å². The summed E-state index contributed by atoms with van der Waals surface area (Å²) in [7, 11) is -5.12. The first-order valence-corrected chi connectivity index (χ1v) is 5.18. The minimum absolute atomic E-state index is 0. The number of esters is 1. The van der Waals surface area contributed by atoms with Gasteiger partial charge >= 0.3 is 65.1 Å². The molecule has 0 aliphatic heterocycles. The molecule has 10 heteroatoms. The van der Waals surface area contributed by atoms with E-state index in [0.29, 0.717) is 0 Å². The van der Waals surface area contributed by atoms with Crippen molar-refractivity contribution in [2.24, 2.45) is 0 Å². The van der Waals surface area contributed by atoms with Crippen LogP contribution in [-0.4, -0.2) is 36.8 Å². The van der Waals surface area contributed by atoms with E-state index < -0.39 is 33.7 Å². The Kier molecular flexibility index (Phi) is 14.1. The smallest absolute Gasteiger partial charge is 0.747 e. The molecule has 0 aromatic rings. The second-order valence-electron chi connectivity index (χ2n) is 2.48. The van der Waals surface area contributed by atoms with E-state index in [1.807, 2.05) is 0 Å². The van der Waals surface area contributed by atoms with E-state index in [2.05, 4.69) is 11.3 Å². The summed E-state index contributed by atoms with van der Waals surface area (Å²) in [6, 6.07) is 0. The summed E-state index contributed by atoms with van der Waals surface area (Å²) in [6.07, 6.45) is 0.139. The van der Waals surface area contributed by atoms with Crippen LogP contribution in [0.25, 0.3) is 0 Å². The molecule has 0 radical (unpaired) electrons. The minimum atomic E-state index is -5.12. The molecular formula is C7H8Na2O7S. The molecule has 0 aliphatic rings. The van der Waals surface area contributed by atoms with Gasteiger partial charge in [0.2, 0.25) is 0 Å². The maximum atomic E-state index is 10.8. The van der Waals surface area contributed by atoms with E-state index >= 15 is 0 Å². The Hall–Kier alpha value is 0.590. The van der Waals surface area contributed by atoms with Gasteiger partial charge < -0.3 is 19.2 Å². The van der Waals surface area contributed by atoms with Crippen molar-refractivity contribution in [3.8, 4) is 0 Å². The van der Waals surface area contributed by atoms with E-state index in [0.717, 1.165) is 0 Å². The molecule has 0 amide bonds. The monoisotopic (exact) mass is 282 g/mol. The summed E-state index contributed by atoms with van der Waals surface area (Å²) in [5.41, 5.74) is 0. The molecule has 0 saturated heterocycles. The predicted molar refractivity (Wildman–Crippen MR) is 44.3 cm³/mol. The molecule has 0 aromatic heterocycles. The van der Waals surface area contributed by atoms with Gasteiger partial charge in [-0.3, -0.25) is 4.79 Å². The molecular weight excluding hydrogens is 274 g/mol. The van der Waals surface area contributed by atoms with Crippen molar-refractivity contribution in [1.29, 1.82) is 0 Å². The summed E-state index contributed by atoms with van der Waals surface area (Å²) in [4.78, 5) is 21.0. The summed E-state index contributed by atoms with van der Waals surface area (Å²) >= 11 is 0. The van der Waals surface area contributed by atoms with Crippen LogP contribution in [0, 0.1) is 0 Å². The number of hydrogen-bond donors (Lipinski definition) is 0. The zero-order valence-corrected chi connectivity index (χ0v) is 14.4.